The molecular formula is C22H31FIN3O2S. The third-order valence-corrected chi connectivity index (χ3v) is 5.96. The summed E-state index contributed by atoms with van der Waals surface area (Å²) in [6.45, 7) is 9.57. The van der Waals surface area contributed by atoms with Gasteiger partial charge in [0, 0.05) is 24.8 Å². The number of hydrogen-bond donors (Lipinski definition) is 2. The zero-order chi connectivity index (χ0) is 21.7. The number of guanidine groups is 1. The molecule has 0 saturated carbocycles. The molecule has 2 rings (SSSR count). The summed E-state index contributed by atoms with van der Waals surface area (Å²) in [5.74, 6) is 0.408. The third-order valence-electron chi connectivity index (χ3n) is 4.71. The minimum absolute atomic E-state index is 0. The van der Waals surface area contributed by atoms with Crippen LogP contribution in [0.5, 0.6) is 0 Å². The van der Waals surface area contributed by atoms with E-state index in [0.717, 1.165) is 11.1 Å². The summed E-state index contributed by atoms with van der Waals surface area (Å²) >= 11 is 0. The van der Waals surface area contributed by atoms with Crippen LogP contribution in [0.4, 0.5) is 4.39 Å². The molecule has 0 spiro atoms. The van der Waals surface area contributed by atoms with Crippen molar-refractivity contribution in [1.82, 2.24) is 10.6 Å². The maximum absolute atomic E-state index is 13.6. The first-order valence-electron chi connectivity index (χ1n) is 9.61. The summed E-state index contributed by atoms with van der Waals surface area (Å²) in [4.78, 5) is 4.94. The molecular weight excluding hydrogens is 516 g/mol. The molecule has 0 aliphatic carbocycles. The molecule has 166 valence electrons. The summed E-state index contributed by atoms with van der Waals surface area (Å²) < 4.78 is 37.1. The Morgan fingerprint density at radius 2 is 1.83 bits per heavy atom. The van der Waals surface area contributed by atoms with Crippen LogP contribution in [-0.2, 0) is 21.8 Å². The first-order chi connectivity index (χ1) is 13.5. The van der Waals surface area contributed by atoms with Gasteiger partial charge < -0.3 is 10.6 Å². The van der Waals surface area contributed by atoms with Crippen LogP contribution in [0.2, 0.25) is 0 Å². The largest absolute Gasteiger partial charge is 0.357 e. The molecule has 0 amide bonds. The van der Waals surface area contributed by atoms with E-state index in [4.69, 9.17) is 0 Å². The molecule has 0 saturated heterocycles. The van der Waals surface area contributed by atoms with E-state index in [2.05, 4.69) is 15.6 Å². The monoisotopic (exact) mass is 547 g/mol. The van der Waals surface area contributed by atoms with Crippen molar-refractivity contribution in [2.45, 2.75) is 44.6 Å². The molecule has 0 aromatic heterocycles. The van der Waals surface area contributed by atoms with E-state index in [1.807, 2.05) is 32.9 Å². The van der Waals surface area contributed by atoms with Gasteiger partial charge in [-0.15, -0.1) is 24.0 Å². The Morgan fingerprint density at radius 3 is 2.40 bits per heavy atom. The van der Waals surface area contributed by atoms with Crippen LogP contribution in [0.1, 0.15) is 37.5 Å². The van der Waals surface area contributed by atoms with E-state index in [9.17, 15) is 12.8 Å². The lowest BCUT2D eigenvalue weighted by atomic mass is 9.84. The van der Waals surface area contributed by atoms with Gasteiger partial charge in [-0.3, -0.25) is 0 Å². The van der Waals surface area contributed by atoms with Crippen LogP contribution in [0.3, 0.4) is 0 Å². The molecule has 0 bridgehead atoms. The molecule has 0 heterocycles. The number of benzene rings is 2. The van der Waals surface area contributed by atoms with Crippen LogP contribution in [-0.4, -0.2) is 33.7 Å². The van der Waals surface area contributed by atoms with Crippen molar-refractivity contribution in [3.05, 3.63) is 65.0 Å². The van der Waals surface area contributed by atoms with Gasteiger partial charge in [-0.2, -0.15) is 0 Å². The van der Waals surface area contributed by atoms with Gasteiger partial charge in [-0.05, 0) is 48.7 Å². The number of hydrogen-bond acceptors (Lipinski definition) is 3. The number of halogens is 2. The highest BCUT2D eigenvalue weighted by molar-refractivity contribution is 14.0. The van der Waals surface area contributed by atoms with Crippen molar-refractivity contribution in [2.24, 2.45) is 4.99 Å². The minimum atomic E-state index is -3.23. The zero-order valence-corrected chi connectivity index (χ0v) is 21.3. The number of nitrogens with zero attached hydrogens (tertiary/aromatic N) is 1. The summed E-state index contributed by atoms with van der Waals surface area (Å²) in [6, 6.07) is 11.9. The third kappa shape index (κ3) is 7.54. The van der Waals surface area contributed by atoms with Gasteiger partial charge in [0.1, 0.15) is 5.82 Å². The molecule has 2 aromatic rings. The van der Waals surface area contributed by atoms with Gasteiger partial charge in [0.25, 0.3) is 0 Å². The quantitative estimate of drug-likeness (QED) is 0.310. The number of sulfone groups is 1. The second kappa shape index (κ2) is 11.1. The predicted octanol–water partition coefficient (Wildman–Crippen LogP) is 4.19. The second-order valence-electron chi connectivity index (χ2n) is 7.81. The highest BCUT2D eigenvalue weighted by Gasteiger charge is 2.21. The van der Waals surface area contributed by atoms with Gasteiger partial charge in [-0.25, -0.2) is 17.8 Å². The van der Waals surface area contributed by atoms with E-state index in [1.165, 1.54) is 12.3 Å². The first kappa shape index (κ1) is 26.4. The van der Waals surface area contributed by atoms with Crippen LogP contribution in [0.15, 0.2) is 52.4 Å². The number of aryl methyl sites for hydroxylation is 1. The maximum atomic E-state index is 13.6. The normalized spacial score (nSPS) is 12.3. The molecule has 0 fully saturated rings. The van der Waals surface area contributed by atoms with E-state index in [1.54, 1.807) is 31.2 Å². The summed E-state index contributed by atoms with van der Waals surface area (Å²) in [7, 11) is -3.23. The molecule has 8 heteroatoms. The molecule has 0 aliphatic rings. The highest BCUT2D eigenvalue weighted by atomic mass is 127. The lowest BCUT2D eigenvalue weighted by Gasteiger charge is -2.27. The Bertz CT molecular complexity index is 992. The fraction of sp³-hybridized carbons (Fsp3) is 0.409. The molecule has 30 heavy (non-hydrogen) atoms. The van der Waals surface area contributed by atoms with Gasteiger partial charge in [0.2, 0.25) is 0 Å². The van der Waals surface area contributed by atoms with Gasteiger partial charge >= 0.3 is 0 Å². The van der Waals surface area contributed by atoms with Gasteiger partial charge in [-0.1, -0.05) is 38.1 Å². The highest BCUT2D eigenvalue weighted by Crippen LogP contribution is 2.23. The molecule has 0 radical (unpaired) electrons. The zero-order valence-electron chi connectivity index (χ0n) is 18.1. The molecule has 0 atom stereocenters. The molecule has 2 aromatic carbocycles. The lowest BCUT2D eigenvalue weighted by molar-refractivity contribution is 0.503. The SMILES string of the molecule is CCNC(=NCc1ccc(S(C)(=O)=O)c(C)c1)NCC(C)(C)c1cccc(F)c1.I. The summed E-state index contributed by atoms with van der Waals surface area (Å²) in [5.41, 5.74) is 2.26. The molecule has 2 N–H and O–H groups in total. The van der Waals surface area contributed by atoms with Gasteiger partial charge in [0.05, 0.1) is 11.4 Å². The average molecular weight is 547 g/mol. The van der Waals surface area contributed by atoms with Crippen molar-refractivity contribution in [3.8, 4) is 0 Å². The number of rotatable bonds is 7. The van der Waals surface area contributed by atoms with Gasteiger partial charge in [0.15, 0.2) is 15.8 Å². The molecule has 0 aliphatic heterocycles. The number of aliphatic imine (C=N–C) groups is 1. The van der Waals surface area contributed by atoms with Crippen LogP contribution in [0, 0.1) is 12.7 Å². The van der Waals surface area contributed by atoms with Crippen molar-refractivity contribution >= 4 is 39.8 Å². The van der Waals surface area contributed by atoms with Crippen LogP contribution < -0.4 is 10.6 Å². The fourth-order valence-electron chi connectivity index (χ4n) is 3.05. The Labute approximate surface area is 196 Å². The smallest absolute Gasteiger partial charge is 0.191 e. The minimum Gasteiger partial charge on any atom is -0.357 e. The average Bonchev–Trinajstić information content (AvgIpc) is 2.63. The number of nitrogens with one attached hydrogen (secondary N) is 2. The summed E-state index contributed by atoms with van der Waals surface area (Å²) in [5, 5.41) is 6.53. The lowest BCUT2D eigenvalue weighted by Crippen LogP contribution is -2.43. The van der Waals surface area contributed by atoms with E-state index in [0.29, 0.717) is 36.1 Å². The Balaban J connectivity index is 0.00000450. The van der Waals surface area contributed by atoms with Crippen molar-refractivity contribution in [2.75, 3.05) is 19.3 Å². The summed E-state index contributed by atoms with van der Waals surface area (Å²) in [6.07, 6.45) is 1.21. The maximum Gasteiger partial charge on any atom is 0.191 e. The second-order valence-corrected chi connectivity index (χ2v) is 9.80. The van der Waals surface area contributed by atoms with Crippen LogP contribution in [0.25, 0.3) is 0 Å². The Morgan fingerprint density at radius 1 is 1.13 bits per heavy atom. The first-order valence-corrected chi connectivity index (χ1v) is 11.5. The van der Waals surface area contributed by atoms with Crippen molar-refractivity contribution in [3.63, 3.8) is 0 Å². The van der Waals surface area contributed by atoms with Crippen molar-refractivity contribution in [1.29, 1.82) is 0 Å². The Kier molecular flexibility index (Phi) is 9.74. The molecule has 0 unspecified atom stereocenters. The standard InChI is InChI=1S/C22H30FN3O2S.HI/c1-6-24-21(26-15-22(3,4)18-8-7-9-19(23)13-18)25-14-17-10-11-20(16(2)12-17)29(5,27)28;/h7-13H,6,14-15H2,1-5H3,(H2,24,25,26);1H. The van der Waals surface area contributed by atoms with E-state index in [-0.39, 0.29) is 35.2 Å². The van der Waals surface area contributed by atoms with E-state index < -0.39 is 9.84 Å². The van der Waals surface area contributed by atoms with Crippen LogP contribution >= 0.6 is 24.0 Å². The molecule has 5 nitrogen and oxygen atoms in total. The topological polar surface area (TPSA) is 70.6 Å². The fourth-order valence-corrected chi connectivity index (χ4v) is 4.01. The van der Waals surface area contributed by atoms with Crippen molar-refractivity contribution < 1.29 is 12.8 Å². The van der Waals surface area contributed by atoms with E-state index >= 15 is 0 Å². The Hall–Kier alpha value is -1.68. The predicted molar refractivity (Wildman–Crippen MR) is 132 cm³/mol.